The van der Waals surface area contributed by atoms with E-state index in [9.17, 15) is 9.18 Å². The van der Waals surface area contributed by atoms with Crippen LogP contribution in [-0.2, 0) is 9.53 Å². The lowest BCUT2D eigenvalue weighted by Gasteiger charge is -2.10. The summed E-state index contributed by atoms with van der Waals surface area (Å²) in [6.45, 7) is 1.60. The van der Waals surface area contributed by atoms with E-state index in [0.29, 0.717) is 0 Å². The summed E-state index contributed by atoms with van der Waals surface area (Å²) in [6.07, 6.45) is 2.03. The van der Waals surface area contributed by atoms with Crippen LogP contribution in [-0.4, -0.2) is 29.1 Å². The Kier molecular flexibility index (Phi) is 3.33. The van der Waals surface area contributed by atoms with Crippen molar-refractivity contribution in [3.63, 3.8) is 0 Å². The van der Waals surface area contributed by atoms with Gasteiger partial charge in [-0.25, -0.2) is 19.2 Å². The molecule has 6 heteroatoms. The second-order valence-electron chi connectivity index (χ2n) is 2.61. The first-order valence-electron chi connectivity index (χ1n) is 3.95. The minimum atomic E-state index is -0.564. The van der Waals surface area contributed by atoms with Crippen LogP contribution in [0.25, 0.3) is 0 Å². The summed E-state index contributed by atoms with van der Waals surface area (Å²) >= 11 is 0. The minimum Gasteiger partial charge on any atom is -0.467 e. The summed E-state index contributed by atoms with van der Waals surface area (Å²) in [7, 11) is 1.28. The monoisotopic (exact) mass is 199 g/mol. The zero-order valence-corrected chi connectivity index (χ0v) is 7.82. The van der Waals surface area contributed by atoms with E-state index < -0.39 is 17.8 Å². The predicted molar refractivity (Wildman–Crippen MR) is 47.1 cm³/mol. The van der Waals surface area contributed by atoms with Crippen molar-refractivity contribution in [1.29, 1.82) is 0 Å². The lowest BCUT2D eigenvalue weighted by Crippen LogP contribution is -2.28. The number of carbonyl (C=O) groups excluding carboxylic acids is 1. The van der Waals surface area contributed by atoms with Crippen LogP contribution in [0.15, 0.2) is 12.4 Å². The zero-order chi connectivity index (χ0) is 10.6. The molecule has 76 valence electrons. The quantitative estimate of drug-likeness (QED) is 0.722. The number of rotatable bonds is 3. The molecule has 0 amide bonds. The molecule has 14 heavy (non-hydrogen) atoms. The molecule has 1 aromatic rings. The summed E-state index contributed by atoms with van der Waals surface area (Å²) in [5.74, 6) is -0.775. The molecule has 0 aliphatic heterocycles. The molecular formula is C8H10FN3O2. The molecule has 0 saturated carbocycles. The number of aromatic nitrogens is 2. The van der Waals surface area contributed by atoms with E-state index in [2.05, 4.69) is 20.0 Å². The summed E-state index contributed by atoms with van der Waals surface area (Å²) in [5.41, 5.74) is 0. The lowest BCUT2D eigenvalue weighted by molar-refractivity contribution is -0.141. The molecule has 1 N–H and O–H groups in total. The number of carbonyl (C=O) groups is 1. The normalized spacial score (nSPS) is 11.9. The topological polar surface area (TPSA) is 64.1 Å². The highest BCUT2D eigenvalue weighted by atomic mass is 19.1. The Hall–Kier alpha value is -1.72. The van der Waals surface area contributed by atoms with Gasteiger partial charge in [-0.3, -0.25) is 0 Å². The van der Waals surface area contributed by atoms with E-state index in [0.717, 1.165) is 12.4 Å². The fourth-order valence-electron chi connectivity index (χ4n) is 0.816. The molecule has 1 rings (SSSR count). The number of nitrogens with zero attached hydrogens (tertiary/aromatic N) is 2. The molecule has 0 aromatic carbocycles. The molecule has 0 radical (unpaired) electrons. The Labute approximate surface area is 80.3 Å². The third-order valence-electron chi connectivity index (χ3n) is 1.52. The first-order chi connectivity index (χ1) is 6.63. The van der Waals surface area contributed by atoms with Crippen LogP contribution in [0.5, 0.6) is 0 Å². The van der Waals surface area contributed by atoms with Gasteiger partial charge in [0.25, 0.3) is 0 Å². The molecule has 1 heterocycles. The molecule has 1 atom stereocenters. The summed E-state index contributed by atoms with van der Waals surface area (Å²) in [6, 6.07) is -0.564. The van der Waals surface area contributed by atoms with Crippen LogP contribution in [0.4, 0.5) is 10.3 Å². The second kappa shape index (κ2) is 4.50. The number of methoxy groups -OCH3 is 1. The van der Waals surface area contributed by atoms with Crippen LogP contribution < -0.4 is 5.32 Å². The molecule has 0 saturated heterocycles. The van der Waals surface area contributed by atoms with Crippen LogP contribution >= 0.6 is 0 Å². The van der Waals surface area contributed by atoms with Gasteiger partial charge < -0.3 is 10.1 Å². The van der Waals surface area contributed by atoms with Crippen molar-refractivity contribution in [3.05, 3.63) is 18.2 Å². The van der Waals surface area contributed by atoms with Crippen molar-refractivity contribution in [3.8, 4) is 0 Å². The maximum absolute atomic E-state index is 12.4. The Morgan fingerprint density at radius 3 is 2.64 bits per heavy atom. The molecular weight excluding hydrogens is 189 g/mol. The van der Waals surface area contributed by atoms with Gasteiger partial charge in [0, 0.05) is 0 Å². The Bertz CT molecular complexity index is 315. The number of ether oxygens (including phenoxy) is 1. The number of anilines is 1. The Morgan fingerprint density at radius 1 is 1.57 bits per heavy atom. The van der Waals surface area contributed by atoms with Crippen LogP contribution in [0.2, 0.25) is 0 Å². The van der Waals surface area contributed by atoms with Gasteiger partial charge in [-0.05, 0) is 6.92 Å². The standard InChI is InChI=1S/C8H10FN3O2/c1-5(7(13)14-2)12-8-10-3-6(9)4-11-8/h3-5H,1-2H3,(H,10,11,12). The van der Waals surface area contributed by atoms with Gasteiger partial charge >= 0.3 is 5.97 Å². The number of nitrogens with one attached hydrogen (secondary N) is 1. The first-order valence-corrected chi connectivity index (χ1v) is 3.95. The molecule has 0 aliphatic rings. The summed E-state index contributed by atoms with van der Waals surface area (Å²) in [4.78, 5) is 18.2. The third kappa shape index (κ3) is 2.65. The van der Waals surface area contributed by atoms with Gasteiger partial charge in [0.15, 0.2) is 5.82 Å². The van der Waals surface area contributed by atoms with Gasteiger partial charge in [0.05, 0.1) is 19.5 Å². The van der Waals surface area contributed by atoms with Crippen molar-refractivity contribution in [1.82, 2.24) is 9.97 Å². The fourth-order valence-corrected chi connectivity index (χ4v) is 0.816. The predicted octanol–water partition coefficient (Wildman–Crippen LogP) is 0.589. The molecule has 0 spiro atoms. The maximum atomic E-state index is 12.4. The number of halogens is 1. The van der Waals surface area contributed by atoms with E-state index in [1.807, 2.05) is 0 Å². The SMILES string of the molecule is COC(=O)C(C)Nc1ncc(F)cn1. The molecule has 0 fully saturated rings. The van der Waals surface area contributed by atoms with E-state index in [-0.39, 0.29) is 5.95 Å². The summed E-state index contributed by atoms with van der Waals surface area (Å²) < 4.78 is 16.9. The largest absolute Gasteiger partial charge is 0.467 e. The van der Waals surface area contributed by atoms with Gasteiger partial charge in [0.2, 0.25) is 5.95 Å². The number of hydrogen-bond donors (Lipinski definition) is 1. The highest BCUT2D eigenvalue weighted by molar-refractivity contribution is 5.77. The molecule has 5 nitrogen and oxygen atoms in total. The maximum Gasteiger partial charge on any atom is 0.328 e. The zero-order valence-electron chi connectivity index (χ0n) is 7.82. The van der Waals surface area contributed by atoms with Crippen molar-refractivity contribution >= 4 is 11.9 Å². The second-order valence-corrected chi connectivity index (χ2v) is 2.61. The van der Waals surface area contributed by atoms with E-state index >= 15 is 0 Å². The van der Waals surface area contributed by atoms with Gasteiger partial charge in [-0.2, -0.15) is 0 Å². The van der Waals surface area contributed by atoms with Crippen molar-refractivity contribution in [2.75, 3.05) is 12.4 Å². The average Bonchev–Trinajstić information content (AvgIpc) is 2.20. The lowest BCUT2D eigenvalue weighted by atomic mass is 10.3. The third-order valence-corrected chi connectivity index (χ3v) is 1.52. The number of hydrogen-bond acceptors (Lipinski definition) is 5. The average molecular weight is 199 g/mol. The van der Waals surface area contributed by atoms with Gasteiger partial charge in [-0.1, -0.05) is 0 Å². The molecule has 0 aliphatic carbocycles. The fraction of sp³-hybridized carbons (Fsp3) is 0.375. The van der Waals surface area contributed by atoms with E-state index in [1.54, 1.807) is 6.92 Å². The van der Waals surface area contributed by atoms with E-state index in [4.69, 9.17) is 0 Å². The highest BCUT2D eigenvalue weighted by Crippen LogP contribution is 2.01. The highest BCUT2D eigenvalue weighted by Gasteiger charge is 2.13. The van der Waals surface area contributed by atoms with Crippen LogP contribution in [0.1, 0.15) is 6.92 Å². The number of esters is 1. The van der Waals surface area contributed by atoms with Crippen molar-refractivity contribution in [2.45, 2.75) is 13.0 Å². The van der Waals surface area contributed by atoms with Crippen molar-refractivity contribution in [2.24, 2.45) is 0 Å². The van der Waals surface area contributed by atoms with Crippen LogP contribution in [0, 0.1) is 5.82 Å². The first kappa shape index (κ1) is 10.4. The molecule has 1 unspecified atom stereocenters. The minimum absolute atomic E-state index is 0.185. The van der Waals surface area contributed by atoms with Crippen LogP contribution in [0.3, 0.4) is 0 Å². The molecule has 1 aromatic heterocycles. The van der Waals surface area contributed by atoms with Gasteiger partial charge in [-0.15, -0.1) is 0 Å². The molecule has 0 bridgehead atoms. The Morgan fingerprint density at radius 2 is 2.14 bits per heavy atom. The van der Waals surface area contributed by atoms with E-state index in [1.165, 1.54) is 7.11 Å². The smallest absolute Gasteiger partial charge is 0.328 e. The van der Waals surface area contributed by atoms with Gasteiger partial charge in [0.1, 0.15) is 6.04 Å². The Balaban J connectivity index is 2.60. The van der Waals surface area contributed by atoms with Crippen molar-refractivity contribution < 1.29 is 13.9 Å². The summed E-state index contributed by atoms with van der Waals surface area (Å²) in [5, 5.41) is 2.66.